The average molecular weight is 174 g/mol. The van der Waals surface area contributed by atoms with Crippen LogP contribution in [0.2, 0.25) is 0 Å². The third kappa shape index (κ3) is 1.10. The van der Waals surface area contributed by atoms with Gasteiger partial charge >= 0.3 is 0 Å². The van der Waals surface area contributed by atoms with Gasteiger partial charge in [-0.2, -0.15) is 0 Å². The molecule has 11 heavy (non-hydrogen) atoms. The molecule has 0 saturated carbocycles. The Morgan fingerprint density at radius 2 is 2.27 bits per heavy atom. The predicted octanol–water partition coefficient (Wildman–Crippen LogP) is -0.515. The Hall–Kier alpha value is -0.680. The minimum absolute atomic E-state index is 0.231. The summed E-state index contributed by atoms with van der Waals surface area (Å²) < 4.78 is 2.45. The molecular weight excluding hydrogens is 164 g/mol. The van der Waals surface area contributed by atoms with Gasteiger partial charge in [0.2, 0.25) is 0 Å². The number of nitrogens with one attached hydrogen (secondary N) is 1. The van der Waals surface area contributed by atoms with Gasteiger partial charge in [0.25, 0.3) is 5.91 Å². The van der Waals surface area contributed by atoms with Crippen LogP contribution in [0.4, 0.5) is 0 Å². The van der Waals surface area contributed by atoms with Crippen molar-refractivity contribution in [1.29, 1.82) is 0 Å². The molecule has 0 aromatic rings. The maximum Gasteiger partial charge on any atom is 0.272 e. The molecule has 0 aliphatic carbocycles. The highest BCUT2D eigenvalue weighted by Gasteiger charge is 2.32. The van der Waals surface area contributed by atoms with Crippen LogP contribution in [0.25, 0.3) is 0 Å². The van der Waals surface area contributed by atoms with Crippen LogP contribution in [0.1, 0.15) is 6.92 Å². The van der Waals surface area contributed by atoms with Gasteiger partial charge in [-0.15, -0.1) is 0 Å². The second-order valence-electron chi connectivity index (χ2n) is 2.46. The summed E-state index contributed by atoms with van der Waals surface area (Å²) in [5.74, 6) is -0.231. The predicted molar refractivity (Wildman–Crippen MR) is 43.6 cm³/mol. The number of amides is 1. The summed E-state index contributed by atoms with van der Waals surface area (Å²) in [7, 11) is 1.54. The lowest BCUT2D eigenvalue weighted by atomic mass is 10.2. The molecule has 0 radical (unpaired) electrons. The average Bonchev–Trinajstić information content (AvgIpc) is 2.17. The van der Waals surface area contributed by atoms with E-state index in [-0.39, 0.29) is 5.91 Å². The van der Waals surface area contributed by atoms with E-state index in [1.165, 1.54) is 11.9 Å². The van der Waals surface area contributed by atoms with E-state index >= 15 is 0 Å². The lowest BCUT2D eigenvalue weighted by Gasteiger charge is -2.14. The summed E-state index contributed by atoms with van der Waals surface area (Å²) in [6, 6.07) is 0. The molecule has 62 valence electrons. The van der Waals surface area contributed by atoms with E-state index in [1.54, 1.807) is 6.92 Å². The van der Waals surface area contributed by atoms with E-state index in [4.69, 9.17) is 0 Å². The van der Waals surface area contributed by atoms with Gasteiger partial charge in [0.1, 0.15) is 5.70 Å². The zero-order chi connectivity index (χ0) is 8.59. The summed E-state index contributed by atoms with van der Waals surface area (Å²) in [4.78, 5) is 12.4. The normalized spacial score (nSPS) is 24.9. The lowest BCUT2D eigenvalue weighted by molar-refractivity contribution is -0.129. The van der Waals surface area contributed by atoms with Crippen molar-refractivity contribution in [3.63, 3.8) is 0 Å². The Morgan fingerprint density at radius 1 is 1.73 bits per heavy atom. The molecule has 1 aliphatic rings. The van der Waals surface area contributed by atoms with Crippen molar-refractivity contribution < 1.29 is 9.90 Å². The molecule has 4 nitrogen and oxygen atoms in total. The van der Waals surface area contributed by atoms with Crippen LogP contribution in [0, 0.1) is 0 Å². The van der Waals surface area contributed by atoms with Crippen LogP contribution in [-0.2, 0) is 4.79 Å². The fourth-order valence-electron chi connectivity index (χ4n) is 1.01. The molecule has 1 unspecified atom stereocenters. The van der Waals surface area contributed by atoms with Gasteiger partial charge in [-0.25, -0.2) is 0 Å². The number of likely N-dealkylation sites (N-methyl/N-ethyl adjacent to an activating group) is 1. The lowest BCUT2D eigenvalue weighted by Crippen LogP contribution is -2.31. The number of carbonyl (C=O) groups is 1. The monoisotopic (exact) mass is 174 g/mol. The van der Waals surface area contributed by atoms with E-state index in [0.717, 1.165) is 0 Å². The summed E-state index contributed by atoms with van der Waals surface area (Å²) in [5, 5.41) is 9.31. The van der Waals surface area contributed by atoms with Crippen molar-refractivity contribution in [3.05, 3.63) is 11.3 Å². The van der Waals surface area contributed by atoms with Crippen molar-refractivity contribution in [1.82, 2.24) is 9.62 Å². The van der Waals surface area contributed by atoms with Crippen molar-refractivity contribution in [2.45, 2.75) is 13.2 Å². The highest BCUT2D eigenvalue weighted by atomic mass is 32.1. The van der Waals surface area contributed by atoms with Crippen LogP contribution in [0.5, 0.6) is 0 Å². The zero-order valence-corrected chi connectivity index (χ0v) is 7.22. The van der Waals surface area contributed by atoms with Gasteiger partial charge in [0.05, 0.1) is 0 Å². The quantitative estimate of drug-likeness (QED) is 0.469. The van der Waals surface area contributed by atoms with Gasteiger partial charge in [-0.3, -0.25) is 4.79 Å². The molecule has 0 aromatic carbocycles. The van der Waals surface area contributed by atoms with E-state index in [2.05, 4.69) is 17.5 Å². The standard InChI is InChI=1S/C6H10N2O2S/c1-3-4(7-11)6(10)8(2)5(3)9/h5,7,9,11H,1-2H3. The number of thiol groups is 1. The fourth-order valence-corrected chi connectivity index (χ4v) is 1.28. The molecule has 0 spiro atoms. The Balaban J connectivity index is 2.98. The van der Waals surface area contributed by atoms with Gasteiger partial charge in [0, 0.05) is 12.6 Å². The number of hydrogen-bond acceptors (Lipinski definition) is 4. The van der Waals surface area contributed by atoms with Crippen molar-refractivity contribution in [2.24, 2.45) is 0 Å². The number of aliphatic hydroxyl groups is 1. The van der Waals surface area contributed by atoms with Gasteiger partial charge in [-0.1, -0.05) is 12.8 Å². The molecule has 0 aromatic heterocycles. The van der Waals surface area contributed by atoms with Crippen molar-refractivity contribution in [3.8, 4) is 0 Å². The summed E-state index contributed by atoms with van der Waals surface area (Å²) in [5.41, 5.74) is 0.968. The second kappa shape index (κ2) is 2.75. The van der Waals surface area contributed by atoms with Gasteiger partial charge in [0.15, 0.2) is 6.23 Å². The first-order chi connectivity index (χ1) is 5.09. The van der Waals surface area contributed by atoms with Crippen LogP contribution in [0.15, 0.2) is 11.3 Å². The molecule has 1 rings (SSSR count). The van der Waals surface area contributed by atoms with E-state index in [1.807, 2.05) is 0 Å². The SMILES string of the molecule is CC1=C(NS)C(=O)N(C)C1O. The van der Waals surface area contributed by atoms with Gasteiger partial charge in [-0.05, 0) is 6.92 Å². The molecule has 0 saturated heterocycles. The molecule has 0 bridgehead atoms. The molecule has 5 heteroatoms. The Kier molecular flexibility index (Phi) is 2.10. The summed E-state index contributed by atoms with van der Waals surface area (Å²) >= 11 is 3.75. The zero-order valence-electron chi connectivity index (χ0n) is 6.33. The fraction of sp³-hybridized carbons (Fsp3) is 0.500. The van der Waals surface area contributed by atoms with E-state index < -0.39 is 6.23 Å². The molecular formula is C6H10N2O2S. The van der Waals surface area contributed by atoms with Crippen LogP contribution in [0.3, 0.4) is 0 Å². The van der Waals surface area contributed by atoms with Crippen molar-refractivity contribution in [2.75, 3.05) is 7.05 Å². The number of nitrogens with zero attached hydrogens (tertiary/aromatic N) is 1. The largest absolute Gasteiger partial charge is 0.369 e. The Morgan fingerprint density at radius 3 is 2.45 bits per heavy atom. The molecule has 1 aliphatic heterocycles. The van der Waals surface area contributed by atoms with Crippen LogP contribution >= 0.6 is 12.8 Å². The third-order valence-electron chi connectivity index (χ3n) is 1.79. The second-order valence-corrected chi connectivity index (χ2v) is 2.68. The first-order valence-electron chi connectivity index (χ1n) is 3.15. The first-order valence-corrected chi connectivity index (χ1v) is 3.60. The van der Waals surface area contributed by atoms with E-state index in [0.29, 0.717) is 11.3 Å². The topological polar surface area (TPSA) is 52.6 Å². The minimum atomic E-state index is -0.808. The highest BCUT2D eigenvalue weighted by molar-refractivity contribution is 7.78. The summed E-state index contributed by atoms with van der Waals surface area (Å²) in [6.45, 7) is 1.69. The smallest absolute Gasteiger partial charge is 0.272 e. The molecule has 1 heterocycles. The molecule has 1 atom stereocenters. The maximum atomic E-state index is 11.2. The first kappa shape index (κ1) is 8.42. The number of aliphatic hydroxyl groups excluding tert-OH is 1. The number of hydrogen-bond donors (Lipinski definition) is 3. The van der Waals surface area contributed by atoms with E-state index in [9.17, 15) is 9.90 Å². The van der Waals surface area contributed by atoms with Gasteiger partial charge < -0.3 is 14.7 Å². The van der Waals surface area contributed by atoms with Crippen LogP contribution < -0.4 is 4.72 Å². The Bertz CT molecular complexity index is 227. The summed E-state index contributed by atoms with van der Waals surface area (Å²) in [6.07, 6.45) is -0.808. The molecule has 2 N–H and O–H groups in total. The van der Waals surface area contributed by atoms with Crippen molar-refractivity contribution >= 4 is 18.7 Å². The molecule has 0 fully saturated rings. The molecule has 1 amide bonds. The maximum absolute atomic E-state index is 11.2. The Labute approximate surface area is 70.4 Å². The van der Waals surface area contributed by atoms with Crippen LogP contribution in [-0.4, -0.2) is 29.2 Å². The minimum Gasteiger partial charge on any atom is -0.369 e. The number of carbonyl (C=O) groups excluding carboxylic acids is 1. The third-order valence-corrected chi connectivity index (χ3v) is 2.02. The highest BCUT2D eigenvalue weighted by Crippen LogP contribution is 2.20. The number of rotatable bonds is 1.